The van der Waals surface area contributed by atoms with Crippen molar-refractivity contribution in [2.24, 2.45) is 5.10 Å². The molecule has 8 heteroatoms. The zero-order valence-corrected chi connectivity index (χ0v) is 23.1. The highest BCUT2D eigenvalue weighted by Gasteiger charge is 2.19. The molecule has 1 fully saturated rings. The number of methoxy groups -OCH3 is 1. The maximum absolute atomic E-state index is 13.3. The molecule has 1 amide bonds. The lowest BCUT2D eigenvalue weighted by Crippen LogP contribution is -2.46. The first kappa shape index (κ1) is 27.1. The number of amides is 1. The molecule has 0 unspecified atom stereocenters. The van der Waals surface area contributed by atoms with Crippen LogP contribution in [0.15, 0.2) is 84.0 Å². The van der Waals surface area contributed by atoms with Gasteiger partial charge in [-0.1, -0.05) is 24.3 Å². The fraction of sp³-hybridized carbons (Fsp3) is 0.250. The first-order valence-electron chi connectivity index (χ1n) is 13.4. The molecule has 0 atom stereocenters. The molecule has 0 spiro atoms. The van der Waals surface area contributed by atoms with Crippen molar-refractivity contribution in [2.75, 3.05) is 38.2 Å². The zero-order valence-electron chi connectivity index (χ0n) is 23.1. The zero-order chi connectivity index (χ0) is 28.1. The lowest BCUT2D eigenvalue weighted by atomic mass is 10.1. The van der Waals surface area contributed by atoms with Gasteiger partial charge in [-0.15, -0.1) is 0 Å². The largest absolute Gasteiger partial charge is 0.495 e. The van der Waals surface area contributed by atoms with Gasteiger partial charge in [-0.3, -0.25) is 9.69 Å². The Bertz CT molecular complexity index is 1490. The number of carbonyl (C=O) groups is 1. The van der Waals surface area contributed by atoms with Crippen molar-refractivity contribution in [2.45, 2.75) is 20.4 Å². The third kappa shape index (κ3) is 6.07. The standard InChI is InChI=1S/C32H34FN5O2/c1-23-20-27(24(2)38(23)29-14-12-28(33)13-15-29)21-34-35-32(39)26-10-8-25(9-11-26)22-36-16-18-37(19-17-36)30-6-4-5-7-31(30)40-3/h4-15,20-21H,16-19,22H2,1-3H3,(H,35,39)/b34-21-. The molecule has 3 aromatic carbocycles. The molecule has 0 bridgehead atoms. The fourth-order valence-electron chi connectivity index (χ4n) is 5.19. The summed E-state index contributed by atoms with van der Waals surface area (Å²) in [5, 5.41) is 4.18. The van der Waals surface area contributed by atoms with E-state index in [1.54, 1.807) is 25.5 Å². The number of hydrazone groups is 1. The summed E-state index contributed by atoms with van der Waals surface area (Å²) in [5.41, 5.74) is 9.18. The number of ether oxygens (including phenoxy) is 1. The summed E-state index contributed by atoms with van der Waals surface area (Å²) in [5.74, 6) is 0.371. The van der Waals surface area contributed by atoms with Crippen LogP contribution in [-0.2, 0) is 6.54 Å². The Hall–Kier alpha value is -4.43. The average molecular weight is 540 g/mol. The maximum Gasteiger partial charge on any atom is 0.271 e. The summed E-state index contributed by atoms with van der Waals surface area (Å²) < 4.78 is 20.9. The summed E-state index contributed by atoms with van der Waals surface area (Å²) in [6.07, 6.45) is 1.64. The molecule has 206 valence electrons. The minimum atomic E-state index is -0.271. The molecule has 0 saturated carbocycles. The van der Waals surface area contributed by atoms with Crippen LogP contribution >= 0.6 is 0 Å². The highest BCUT2D eigenvalue weighted by Crippen LogP contribution is 2.28. The number of piperazine rings is 1. The molecule has 1 saturated heterocycles. The number of benzene rings is 3. The van der Waals surface area contributed by atoms with Crippen LogP contribution in [0, 0.1) is 19.7 Å². The SMILES string of the molecule is COc1ccccc1N1CCN(Cc2ccc(C(=O)N/N=C\c3cc(C)n(-c4ccc(F)cc4)c3C)cc2)CC1. The summed E-state index contributed by atoms with van der Waals surface area (Å²) in [7, 11) is 1.71. The maximum atomic E-state index is 13.3. The minimum absolute atomic E-state index is 0.263. The van der Waals surface area contributed by atoms with Crippen LogP contribution in [0.1, 0.15) is 32.9 Å². The summed E-state index contributed by atoms with van der Waals surface area (Å²) in [4.78, 5) is 17.5. The number of nitrogens with zero attached hydrogens (tertiary/aromatic N) is 4. The first-order valence-corrected chi connectivity index (χ1v) is 13.4. The molecule has 0 radical (unpaired) electrons. The van der Waals surface area contributed by atoms with E-state index in [4.69, 9.17) is 4.74 Å². The Morgan fingerprint density at radius 1 is 0.975 bits per heavy atom. The van der Waals surface area contributed by atoms with Crippen LogP contribution in [0.4, 0.5) is 10.1 Å². The monoisotopic (exact) mass is 539 g/mol. The van der Waals surface area contributed by atoms with Gasteiger partial charge < -0.3 is 14.2 Å². The van der Waals surface area contributed by atoms with E-state index >= 15 is 0 Å². The Labute approximate surface area is 234 Å². The predicted octanol–water partition coefficient (Wildman–Crippen LogP) is 5.33. The molecule has 1 aromatic heterocycles. The van der Waals surface area contributed by atoms with Gasteiger partial charge in [-0.05, 0) is 74.0 Å². The van der Waals surface area contributed by atoms with E-state index in [1.165, 1.54) is 17.7 Å². The van der Waals surface area contributed by atoms with Gasteiger partial charge in [0.05, 0.1) is 19.0 Å². The van der Waals surface area contributed by atoms with E-state index in [1.807, 2.05) is 66.9 Å². The fourth-order valence-corrected chi connectivity index (χ4v) is 5.19. The number of aryl methyl sites for hydroxylation is 1. The van der Waals surface area contributed by atoms with E-state index in [0.29, 0.717) is 5.56 Å². The van der Waals surface area contributed by atoms with Crippen LogP contribution in [0.3, 0.4) is 0 Å². The molecule has 1 aliphatic heterocycles. The van der Waals surface area contributed by atoms with Gasteiger partial charge in [0.2, 0.25) is 0 Å². The Kier molecular flexibility index (Phi) is 8.26. The van der Waals surface area contributed by atoms with E-state index in [2.05, 4.69) is 26.4 Å². The van der Waals surface area contributed by atoms with Gasteiger partial charge >= 0.3 is 0 Å². The summed E-state index contributed by atoms with van der Waals surface area (Å²) in [6.45, 7) is 8.57. The molecule has 40 heavy (non-hydrogen) atoms. The summed E-state index contributed by atoms with van der Waals surface area (Å²) >= 11 is 0. The van der Waals surface area contributed by atoms with Crippen LogP contribution in [-0.4, -0.2) is 54.9 Å². The quantitative estimate of drug-likeness (QED) is 0.243. The van der Waals surface area contributed by atoms with Crippen LogP contribution in [0.2, 0.25) is 0 Å². The number of hydrogen-bond donors (Lipinski definition) is 1. The summed E-state index contributed by atoms with van der Waals surface area (Å²) in [6, 6.07) is 24.2. The topological polar surface area (TPSA) is 62.1 Å². The number of rotatable bonds is 8. The molecule has 5 rings (SSSR count). The van der Waals surface area contributed by atoms with Crippen molar-refractivity contribution in [1.82, 2.24) is 14.9 Å². The number of halogens is 1. The van der Waals surface area contributed by atoms with E-state index in [-0.39, 0.29) is 11.7 Å². The normalized spacial score (nSPS) is 14.1. The molecule has 0 aliphatic carbocycles. The first-order chi connectivity index (χ1) is 19.4. The Morgan fingerprint density at radius 2 is 1.68 bits per heavy atom. The second kappa shape index (κ2) is 12.2. The van der Waals surface area contributed by atoms with Crippen molar-refractivity contribution < 1.29 is 13.9 Å². The number of carbonyl (C=O) groups excluding carboxylic acids is 1. The average Bonchev–Trinajstić information content (AvgIpc) is 3.26. The minimum Gasteiger partial charge on any atom is -0.495 e. The van der Waals surface area contributed by atoms with Gasteiger partial charge in [0, 0.05) is 60.9 Å². The number of nitrogens with one attached hydrogen (secondary N) is 1. The number of aromatic nitrogens is 1. The molecular weight excluding hydrogens is 505 g/mol. The lowest BCUT2D eigenvalue weighted by molar-refractivity contribution is 0.0955. The molecule has 7 nitrogen and oxygen atoms in total. The third-order valence-electron chi connectivity index (χ3n) is 7.35. The van der Waals surface area contributed by atoms with Crippen molar-refractivity contribution in [3.8, 4) is 11.4 Å². The number of para-hydroxylation sites is 2. The van der Waals surface area contributed by atoms with E-state index in [9.17, 15) is 9.18 Å². The van der Waals surface area contributed by atoms with Gasteiger partial charge in [-0.2, -0.15) is 5.10 Å². The predicted molar refractivity (Wildman–Crippen MR) is 157 cm³/mol. The van der Waals surface area contributed by atoms with Crippen molar-refractivity contribution in [3.63, 3.8) is 0 Å². The number of anilines is 1. The third-order valence-corrected chi connectivity index (χ3v) is 7.35. The second-order valence-corrected chi connectivity index (χ2v) is 9.97. The van der Waals surface area contributed by atoms with Gasteiger partial charge in [0.1, 0.15) is 11.6 Å². The lowest BCUT2D eigenvalue weighted by Gasteiger charge is -2.36. The smallest absolute Gasteiger partial charge is 0.271 e. The van der Waals surface area contributed by atoms with E-state index in [0.717, 1.165) is 66.8 Å². The van der Waals surface area contributed by atoms with Crippen molar-refractivity contribution in [3.05, 3.63) is 113 Å². The Morgan fingerprint density at radius 3 is 2.38 bits per heavy atom. The molecule has 1 aliphatic rings. The van der Waals surface area contributed by atoms with Crippen LogP contribution < -0.4 is 15.1 Å². The molecular formula is C32H34FN5O2. The molecule has 2 heterocycles. The second-order valence-electron chi connectivity index (χ2n) is 9.97. The van der Waals surface area contributed by atoms with Crippen molar-refractivity contribution >= 4 is 17.8 Å². The van der Waals surface area contributed by atoms with Gasteiger partial charge in [0.25, 0.3) is 5.91 Å². The molecule has 1 N–H and O–H groups in total. The van der Waals surface area contributed by atoms with Crippen LogP contribution in [0.25, 0.3) is 5.69 Å². The highest BCUT2D eigenvalue weighted by molar-refractivity contribution is 5.95. The van der Waals surface area contributed by atoms with Gasteiger partial charge in [0.15, 0.2) is 0 Å². The molecule has 4 aromatic rings. The van der Waals surface area contributed by atoms with Crippen LogP contribution in [0.5, 0.6) is 5.75 Å². The Balaban J connectivity index is 1.14. The van der Waals surface area contributed by atoms with Gasteiger partial charge in [-0.25, -0.2) is 9.82 Å². The highest BCUT2D eigenvalue weighted by atomic mass is 19.1. The van der Waals surface area contributed by atoms with Crippen molar-refractivity contribution in [1.29, 1.82) is 0 Å². The van der Waals surface area contributed by atoms with E-state index < -0.39 is 0 Å². The number of hydrogen-bond acceptors (Lipinski definition) is 5.